The lowest BCUT2D eigenvalue weighted by Gasteiger charge is -2.11. The first-order chi connectivity index (χ1) is 11.8. The monoisotopic (exact) mass is 379 g/mol. The fourth-order valence-corrected chi connectivity index (χ4v) is 2.62. The molecule has 0 radical (unpaired) electrons. The zero-order valence-electron chi connectivity index (χ0n) is 14.0. The number of rotatable bonds is 6. The van der Waals surface area contributed by atoms with Crippen molar-refractivity contribution >= 4 is 40.7 Å². The van der Waals surface area contributed by atoms with Crippen LogP contribution in [0.5, 0.6) is 0 Å². The summed E-state index contributed by atoms with van der Waals surface area (Å²) in [5.74, 6) is -0.478. The number of carbonyl (C=O) groups is 2. The number of benzene rings is 2. The first kappa shape index (κ1) is 19.2. The van der Waals surface area contributed by atoms with Gasteiger partial charge in [-0.3, -0.25) is 9.59 Å². The third-order valence-electron chi connectivity index (χ3n) is 3.37. The molecule has 2 N–H and O–H groups in total. The van der Waals surface area contributed by atoms with Crippen LogP contribution in [0.25, 0.3) is 0 Å². The van der Waals surface area contributed by atoms with Crippen LogP contribution in [-0.4, -0.2) is 43.9 Å². The molecule has 0 aliphatic heterocycles. The van der Waals surface area contributed by atoms with Crippen LogP contribution >= 0.6 is 23.2 Å². The van der Waals surface area contributed by atoms with Gasteiger partial charge in [0, 0.05) is 39.9 Å². The molecule has 0 saturated carbocycles. The number of anilines is 1. The van der Waals surface area contributed by atoms with E-state index in [1.807, 2.05) is 19.0 Å². The fourth-order valence-electron chi connectivity index (χ4n) is 2.10. The Morgan fingerprint density at radius 3 is 1.96 bits per heavy atom. The fraction of sp³-hybridized carbons (Fsp3) is 0.222. The Morgan fingerprint density at radius 1 is 0.920 bits per heavy atom. The molecule has 5 nitrogen and oxygen atoms in total. The minimum absolute atomic E-state index is 0.171. The minimum Gasteiger partial charge on any atom is -0.351 e. The average molecular weight is 380 g/mol. The first-order valence-electron chi connectivity index (χ1n) is 7.65. The summed E-state index contributed by atoms with van der Waals surface area (Å²) in [5.41, 5.74) is 1.44. The molecule has 7 heteroatoms. The Kier molecular flexibility index (Phi) is 6.82. The molecule has 0 bridgehead atoms. The van der Waals surface area contributed by atoms with Crippen molar-refractivity contribution in [1.82, 2.24) is 10.2 Å². The minimum atomic E-state index is -0.308. The maximum absolute atomic E-state index is 12.3. The molecule has 0 aliphatic rings. The van der Waals surface area contributed by atoms with Crippen molar-refractivity contribution in [2.24, 2.45) is 0 Å². The molecule has 2 aromatic rings. The van der Waals surface area contributed by atoms with Crippen LogP contribution in [-0.2, 0) is 0 Å². The predicted molar refractivity (Wildman–Crippen MR) is 102 cm³/mol. The number of nitrogens with one attached hydrogen (secondary N) is 2. The highest BCUT2D eigenvalue weighted by Crippen LogP contribution is 2.22. The molecule has 2 rings (SSSR count). The second-order valence-electron chi connectivity index (χ2n) is 5.75. The highest BCUT2D eigenvalue weighted by molar-refractivity contribution is 6.35. The highest BCUT2D eigenvalue weighted by atomic mass is 35.5. The number of halogens is 2. The van der Waals surface area contributed by atoms with Crippen LogP contribution < -0.4 is 10.6 Å². The molecular weight excluding hydrogens is 361 g/mol. The lowest BCUT2D eigenvalue weighted by Crippen LogP contribution is -2.31. The second-order valence-corrected chi connectivity index (χ2v) is 6.62. The van der Waals surface area contributed by atoms with Gasteiger partial charge in [0.2, 0.25) is 0 Å². The number of hydrogen-bond acceptors (Lipinski definition) is 3. The Bertz CT molecular complexity index is 741. The molecule has 25 heavy (non-hydrogen) atoms. The molecule has 0 aliphatic carbocycles. The molecule has 0 spiro atoms. The summed E-state index contributed by atoms with van der Waals surface area (Å²) in [6.07, 6.45) is 0. The maximum Gasteiger partial charge on any atom is 0.255 e. The van der Waals surface area contributed by atoms with Gasteiger partial charge >= 0.3 is 0 Å². The van der Waals surface area contributed by atoms with E-state index >= 15 is 0 Å². The summed E-state index contributed by atoms with van der Waals surface area (Å²) >= 11 is 11.8. The van der Waals surface area contributed by atoms with Crippen molar-refractivity contribution in [2.75, 3.05) is 32.5 Å². The predicted octanol–water partition coefficient (Wildman–Crippen LogP) is 3.54. The van der Waals surface area contributed by atoms with Gasteiger partial charge in [-0.25, -0.2) is 0 Å². The molecule has 0 aromatic heterocycles. The van der Waals surface area contributed by atoms with Gasteiger partial charge < -0.3 is 15.5 Å². The zero-order valence-corrected chi connectivity index (χ0v) is 15.5. The maximum atomic E-state index is 12.3. The Morgan fingerprint density at radius 2 is 1.44 bits per heavy atom. The van der Waals surface area contributed by atoms with Crippen LogP contribution in [0.15, 0.2) is 42.5 Å². The number of nitrogens with zero attached hydrogens (tertiary/aromatic N) is 1. The normalized spacial score (nSPS) is 10.6. The summed E-state index contributed by atoms with van der Waals surface area (Å²) in [6, 6.07) is 11.2. The summed E-state index contributed by atoms with van der Waals surface area (Å²) < 4.78 is 0. The number of hydrogen-bond donors (Lipinski definition) is 2. The van der Waals surface area contributed by atoms with Crippen LogP contribution in [0.1, 0.15) is 20.7 Å². The Labute approximate surface area is 156 Å². The molecule has 0 atom stereocenters. The smallest absolute Gasteiger partial charge is 0.255 e. The highest BCUT2D eigenvalue weighted by Gasteiger charge is 2.10. The summed E-state index contributed by atoms with van der Waals surface area (Å²) in [7, 11) is 3.87. The van der Waals surface area contributed by atoms with Crippen LogP contribution in [0.2, 0.25) is 10.0 Å². The summed E-state index contributed by atoms with van der Waals surface area (Å²) in [5, 5.41) is 6.42. The van der Waals surface area contributed by atoms with E-state index in [-0.39, 0.29) is 11.8 Å². The molecule has 0 heterocycles. The van der Waals surface area contributed by atoms with E-state index in [0.29, 0.717) is 33.4 Å². The van der Waals surface area contributed by atoms with E-state index in [4.69, 9.17) is 23.2 Å². The van der Waals surface area contributed by atoms with Crippen LogP contribution in [0.3, 0.4) is 0 Å². The van der Waals surface area contributed by atoms with Gasteiger partial charge in [-0.2, -0.15) is 0 Å². The van der Waals surface area contributed by atoms with Crippen molar-refractivity contribution < 1.29 is 9.59 Å². The lowest BCUT2D eigenvalue weighted by molar-refractivity contribution is 0.0949. The third kappa shape index (κ3) is 6.05. The molecule has 0 fully saturated rings. The van der Waals surface area contributed by atoms with Gasteiger partial charge in [-0.05, 0) is 56.6 Å². The van der Waals surface area contributed by atoms with Gasteiger partial charge in [0.1, 0.15) is 0 Å². The third-order valence-corrected chi connectivity index (χ3v) is 3.81. The van der Waals surface area contributed by atoms with Crippen molar-refractivity contribution in [3.63, 3.8) is 0 Å². The second kappa shape index (κ2) is 8.85. The van der Waals surface area contributed by atoms with Gasteiger partial charge in [0.15, 0.2) is 0 Å². The van der Waals surface area contributed by atoms with Crippen LogP contribution in [0.4, 0.5) is 5.69 Å². The van der Waals surface area contributed by atoms with E-state index in [1.54, 1.807) is 42.5 Å². The zero-order chi connectivity index (χ0) is 18.4. The molecule has 2 amide bonds. The van der Waals surface area contributed by atoms with Crippen molar-refractivity contribution in [3.05, 3.63) is 63.6 Å². The largest absolute Gasteiger partial charge is 0.351 e. The molecule has 2 aromatic carbocycles. The van der Waals surface area contributed by atoms with E-state index in [0.717, 1.165) is 6.54 Å². The first-order valence-corrected chi connectivity index (χ1v) is 8.41. The average Bonchev–Trinajstić information content (AvgIpc) is 2.53. The van der Waals surface area contributed by atoms with Crippen LogP contribution in [0, 0.1) is 0 Å². The molecule has 0 unspecified atom stereocenters. The molecular formula is C18H19Cl2N3O2. The van der Waals surface area contributed by atoms with Crippen molar-refractivity contribution in [1.29, 1.82) is 0 Å². The van der Waals surface area contributed by atoms with E-state index in [2.05, 4.69) is 10.6 Å². The quantitative estimate of drug-likeness (QED) is 0.806. The summed E-state index contributed by atoms with van der Waals surface area (Å²) in [4.78, 5) is 26.3. The Hall–Kier alpha value is -2.08. The number of amides is 2. The number of carbonyl (C=O) groups excluding carboxylic acids is 2. The number of likely N-dealkylation sites (N-methyl/N-ethyl adjacent to an activating group) is 1. The standard InChI is InChI=1S/C18H19Cl2N3O2/c1-23(2)8-7-21-17(24)12-3-5-13(6-4-12)18(25)22-16-10-14(19)9-15(20)11-16/h3-6,9-11H,7-8H2,1-2H3,(H,21,24)(H,22,25). The van der Waals surface area contributed by atoms with E-state index < -0.39 is 0 Å². The Balaban J connectivity index is 1.98. The molecule has 132 valence electrons. The topological polar surface area (TPSA) is 61.4 Å². The SMILES string of the molecule is CN(C)CCNC(=O)c1ccc(C(=O)Nc2cc(Cl)cc(Cl)c2)cc1. The van der Waals surface area contributed by atoms with Crippen molar-refractivity contribution in [2.45, 2.75) is 0 Å². The molecule has 0 saturated heterocycles. The lowest BCUT2D eigenvalue weighted by atomic mass is 10.1. The van der Waals surface area contributed by atoms with E-state index in [9.17, 15) is 9.59 Å². The van der Waals surface area contributed by atoms with E-state index in [1.165, 1.54) is 0 Å². The summed E-state index contributed by atoms with van der Waals surface area (Å²) in [6.45, 7) is 1.32. The van der Waals surface area contributed by atoms with Gasteiger partial charge in [-0.1, -0.05) is 23.2 Å². The van der Waals surface area contributed by atoms with Gasteiger partial charge in [0.25, 0.3) is 11.8 Å². The van der Waals surface area contributed by atoms with Gasteiger partial charge in [0.05, 0.1) is 0 Å². The van der Waals surface area contributed by atoms with Crippen molar-refractivity contribution in [3.8, 4) is 0 Å². The van der Waals surface area contributed by atoms with Gasteiger partial charge in [-0.15, -0.1) is 0 Å².